The molecule has 2 aromatic carbocycles. The zero-order valence-electron chi connectivity index (χ0n) is 16.2. The Morgan fingerprint density at radius 1 is 1.13 bits per heavy atom. The van der Waals surface area contributed by atoms with E-state index in [0.717, 1.165) is 23.8 Å². The van der Waals surface area contributed by atoms with E-state index in [9.17, 15) is 26.4 Å². The number of carbonyl (C=O) groups is 1. The summed E-state index contributed by atoms with van der Waals surface area (Å²) in [4.78, 5) is 13.4. The van der Waals surface area contributed by atoms with E-state index >= 15 is 0 Å². The molecule has 2 aromatic rings. The fourth-order valence-corrected chi connectivity index (χ4v) is 3.96. The van der Waals surface area contributed by atoms with Crippen molar-refractivity contribution in [1.29, 1.82) is 0 Å². The third-order valence-corrected chi connectivity index (χ3v) is 6.02. The molecule has 0 bridgehead atoms. The highest BCUT2D eigenvalue weighted by molar-refractivity contribution is 7.89. The van der Waals surface area contributed by atoms with E-state index in [1.54, 1.807) is 26.2 Å². The first kappa shape index (κ1) is 24.1. The molecular formula is C19H21ClF3N3O3S. The first-order valence-electron chi connectivity index (χ1n) is 8.76. The lowest BCUT2D eigenvalue weighted by Gasteiger charge is -2.26. The average molecular weight is 464 g/mol. The number of carbonyl (C=O) groups excluding carboxylic acids is 1. The Morgan fingerprint density at radius 2 is 1.80 bits per heavy atom. The second-order valence-corrected chi connectivity index (χ2v) is 8.83. The maximum absolute atomic E-state index is 12.8. The van der Waals surface area contributed by atoms with Crippen molar-refractivity contribution in [2.45, 2.75) is 17.1 Å². The minimum absolute atomic E-state index is 0.154. The van der Waals surface area contributed by atoms with Crippen molar-refractivity contribution in [3.05, 3.63) is 64.7 Å². The molecule has 0 fully saturated rings. The van der Waals surface area contributed by atoms with Crippen LogP contribution in [0.15, 0.2) is 53.4 Å². The van der Waals surface area contributed by atoms with Crippen LogP contribution >= 0.6 is 11.6 Å². The Morgan fingerprint density at radius 3 is 2.40 bits per heavy atom. The van der Waals surface area contributed by atoms with Crippen LogP contribution < -0.4 is 10.0 Å². The minimum Gasteiger partial charge on any atom is -0.353 e. The van der Waals surface area contributed by atoms with E-state index in [1.807, 2.05) is 21.8 Å². The van der Waals surface area contributed by atoms with Gasteiger partial charge in [0.15, 0.2) is 0 Å². The normalized spacial score (nSPS) is 13.3. The van der Waals surface area contributed by atoms with Crippen LogP contribution in [0, 0.1) is 0 Å². The summed E-state index contributed by atoms with van der Waals surface area (Å²) in [5.41, 5.74) is -0.308. The number of halogens is 4. The standard InChI is InChI=1S/C19H21ClF3N3O3S/c1-26(2)17(15-8-3-4-9-16(15)20)11-24-18(27)12-25-30(28,29)14-7-5-6-13(10-14)19(21,22)23/h3-10,17,25H,11-12H2,1-2H3,(H,24,27). The number of nitrogens with one attached hydrogen (secondary N) is 2. The van der Waals surface area contributed by atoms with Crippen molar-refractivity contribution in [3.63, 3.8) is 0 Å². The van der Waals surface area contributed by atoms with Gasteiger partial charge in [-0.05, 0) is 43.9 Å². The number of hydrogen-bond acceptors (Lipinski definition) is 4. The number of rotatable bonds is 8. The van der Waals surface area contributed by atoms with E-state index in [0.29, 0.717) is 11.1 Å². The Bertz CT molecular complexity index is 998. The number of alkyl halides is 3. The second kappa shape index (κ2) is 9.78. The molecule has 0 heterocycles. The molecule has 6 nitrogen and oxygen atoms in total. The molecule has 0 aromatic heterocycles. The molecule has 0 aliphatic carbocycles. The van der Waals surface area contributed by atoms with Crippen LogP contribution in [-0.4, -0.2) is 46.4 Å². The van der Waals surface area contributed by atoms with Gasteiger partial charge in [0.05, 0.1) is 23.0 Å². The molecule has 0 saturated carbocycles. The molecule has 0 saturated heterocycles. The summed E-state index contributed by atoms with van der Waals surface area (Å²) in [6.45, 7) is -0.470. The molecular weight excluding hydrogens is 443 g/mol. The predicted octanol–water partition coefficient (Wildman–Crippen LogP) is 3.06. The number of nitrogens with zero attached hydrogens (tertiary/aromatic N) is 1. The summed E-state index contributed by atoms with van der Waals surface area (Å²) >= 11 is 6.20. The van der Waals surface area contributed by atoms with Crippen molar-refractivity contribution >= 4 is 27.5 Å². The topological polar surface area (TPSA) is 78.5 Å². The highest BCUT2D eigenvalue weighted by Gasteiger charge is 2.31. The third-order valence-electron chi connectivity index (χ3n) is 4.27. The monoisotopic (exact) mass is 463 g/mol. The number of amides is 1. The van der Waals surface area contributed by atoms with Crippen LogP contribution in [0.3, 0.4) is 0 Å². The quantitative estimate of drug-likeness (QED) is 0.630. The van der Waals surface area contributed by atoms with Crippen LogP contribution in [0.1, 0.15) is 17.2 Å². The minimum atomic E-state index is -4.68. The molecule has 2 N–H and O–H groups in total. The lowest BCUT2D eigenvalue weighted by atomic mass is 10.1. The largest absolute Gasteiger partial charge is 0.416 e. The fourth-order valence-electron chi connectivity index (χ4n) is 2.67. The van der Waals surface area contributed by atoms with E-state index in [2.05, 4.69) is 5.32 Å². The number of likely N-dealkylation sites (N-methyl/N-ethyl adjacent to an activating group) is 1. The van der Waals surface area contributed by atoms with E-state index in [-0.39, 0.29) is 12.6 Å². The summed E-state index contributed by atoms with van der Waals surface area (Å²) in [5, 5.41) is 3.13. The van der Waals surface area contributed by atoms with Gasteiger partial charge in [-0.2, -0.15) is 13.2 Å². The smallest absolute Gasteiger partial charge is 0.353 e. The molecule has 1 atom stereocenters. The summed E-state index contributed by atoms with van der Waals surface area (Å²) in [7, 11) is -0.690. The van der Waals surface area contributed by atoms with Crippen molar-refractivity contribution in [2.24, 2.45) is 0 Å². The van der Waals surface area contributed by atoms with Crippen LogP contribution in [0.25, 0.3) is 0 Å². The van der Waals surface area contributed by atoms with E-state index in [1.165, 1.54) is 0 Å². The van der Waals surface area contributed by atoms with Crippen LogP contribution in [-0.2, 0) is 21.0 Å². The zero-order chi connectivity index (χ0) is 22.5. The van der Waals surface area contributed by atoms with Gasteiger partial charge in [-0.3, -0.25) is 4.79 Å². The van der Waals surface area contributed by atoms with Crippen molar-refractivity contribution < 1.29 is 26.4 Å². The van der Waals surface area contributed by atoms with Crippen molar-refractivity contribution in [2.75, 3.05) is 27.2 Å². The van der Waals surface area contributed by atoms with Gasteiger partial charge < -0.3 is 10.2 Å². The fraction of sp³-hybridized carbons (Fsp3) is 0.316. The number of sulfonamides is 1. The molecule has 0 radical (unpaired) electrons. The summed E-state index contributed by atoms with van der Waals surface area (Å²) in [6, 6.07) is 10.2. The molecule has 11 heteroatoms. The first-order valence-corrected chi connectivity index (χ1v) is 10.6. The average Bonchev–Trinajstić information content (AvgIpc) is 2.67. The number of benzene rings is 2. The Kier molecular flexibility index (Phi) is 7.87. The van der Waals surface area contributed by atoms with Crippen LogP contribution in [0.4, 0.5) is 13.2 Å². The molecule has 30 heavy (non-hydrogen) atoms. The predicted molar refractivity (Wildman–Crippen MR) is 108 cm³/mol. The molecule has 0 aliphatic heterocycles. The lowest BCUT2D eigenvalue weighted by Crippen LogP contribution is -2.40. The van der Waals surface area contributed by atoms with E-state index in [4.69, 9.17) is 11.6 Å². The molecule has 0 spiro atoms. The molecule has 2 rings (SSSR count). The Hall–Kier alpha value is -2.14. The van der Waals surface area contributed by atoms with Gasteiger partial charge in [-0.25, -0.2) is 13.1 Å². The Labute approximate surface area is 178 Å². The second-order valence-electron chi connectivity index (χ2n) is 6.66. The van der Waals surface area contributed by atoms with Gasteiger partial charge in [-0.1, -0.05) is 35.9 Å². The maximum atomic E-state index is 12.8. The van der Waals surface area contributed by atoms with Crippen LogP contribution in [0.5, 0.6) is 0 Å². The van der Waals surface area contributed by atoms with Gasteiger partial charge in [0.2, 0.25) is 15.9 Å². The summed E-state index contributed by atoms with van der Waals surface area (Å²) in [5.74, 6) is -0.635. The van der Waals surface area contributed by atoms with Crippen LogP contribution in [0.2, 0.25) is 5.02 Å². The van der Waals surface area contributed by atoms with Gasteiger partial charge in [0.25, 0.3) is 0 Å². The van der Waals surface area contributed by atoms with Gasteiger partial charge >= 0.3 is 6.18 Å². The maximum Gasteiger partial charge on any atom is 0.416 e. The highest BCUT2D eigenvalue weighted by Crippen LogP contribution is 2.30. The molecule has 0 aliphatic rings. The Balaban J connectivity index is 2.00. The lowest BCUT2D eigenvalue weighted by molar-refractivity contribution is -0.137. The first-order chi connectivity index (χ1) is 13.9. The van der Waals surface area contributed by atoms with Gasteiger partial charge in [0.1, 0.15) is 0 Å². The number of hydrogen-bond donors (Lipinski definition) is 2. The molecule has 1 amide bonds. The zero-order valence-corrected chi connectivity index (χ0v) is 17.8. The van der Waals surface area contributed by atoms with Crippen molar-refractivity contribution in [3.8, 4) is 0 Å². The molecule has 164 valence electrons. The SMILES string of the molecule is CN(C)C(CNC(=O)CNS(=O)(=O)c1cccc(C(F)(F)F)c1)c1ccccc1Cl. The van der Waals surface area contributed by atoms with Gasteiger partial charge in [-0.15, -0.1) is 0 Å². The molecule has 1 unspecified atom stereocenters. The summed E-state index contributed by atoms with van der Waals surface area (Å²) < 4.78 is 64.9. The van der Waals surface area contributed by atoms with E-state index < -0.39 is 39.1 Å². The summed E-state index contributed by atoms with van der Waals surface area (Å²) in [6.07, 6.45) is -4.68. The highest BCUT2D eigenvalue weighted by atomic mass is 35.5. The third kappa shape index (κ3) is 6.43. The van der Waals surface area contributed by atoms with Crippen molar-refractivity contribution in [1.82, 2.24) is 14.9 Å². The van der Waals surface area contributed by atoms with Gasteiger partial charge in [0, 0.05) is 11.6 Å².